The second kappa shape index (κ2) is 5.58. The zero-order valence-corrected chi connectivity index (χ0v) is 11.0. The van der Waals surface area contributed by atoms with E-state index in [0.717, 1.165) is 17.9 Å². The molecule has 0 aliphatic carbocycles. The molecule has 7 heteroatoms. The summed E-state index contributed by atoms with van der Waals surface area (Å²) in [5, 5.41) is 14.0. The van der Waals surface area contributed by atoms with Crippen molar-refractivity contribution >= 4 is 35.0 Å². The third-order valence-corrected chi connectivity index (χ3v) is 4.06. The molecular weight excluding hydrogens is 276 g/mol. The number of halogens is 1. The highest BCUT2D eigenvalue weighted by molar-refractivity contribution is 7.99. The highest BCUT2D eigenvalue weighted by atomic mass is 35.5. The minimum absolute atomic E-state index is 0.0180. The maximum absolute atomic E-state index is 12.0. The predicted octanol–water partition coefficient (Wildman–Crippen LogP) is 2.48. The molecule has 1 atom stereocenters. The Balaban J connectivity index is 2.22. The molecule has 1 aromatic rings. The quantitative estimate of drug-likeness (QED) is 0.684. The van der Waals surface area contributed by atoms with Crippen molar-refractivity contribution in [3.63, 3.8) is 0 Å². The molecule has 0 spiro atoms. The van der Waals surface area contributed by atoms with Gasteiger partial charge in [0.2, 0.25) is 0 Å². The van der Waals surface area contributed by atoms with E-state index < -0.39 is 10.8 Å². The number of nitro benzene ring substituents is 1. The van der Waals surface area contributed by atoms with Crippen LogP contribution in [-0.2, 0) is 0 Å². The van der Waals surface area contributed by atoms with E-state index in [1.165, 1.54) is 18.2 Å². The molecule has 96 valence electrons. The number of nitrogens with one attached hydrogen (secondary N) is 1. The lowest BCUT2D eigenvalue weighted by atomic mass is 10.1. The zero-order valence-electron chi connectivity index (χ0n) is 9.39. The third-order valence-electron chi connectivity index (χ3n) is 2.66. The van der Waals surface area contributed by atoms with Gasteiger partial charge in [0, 0.05) is 22.9 Å². The van der Waals surface area contributed by atoms with E-state index in [0.29, 0.717) is 5.02 Å². The molecule has 5 nitrogen and oxygen atoms in total. The Morgan fingerprint density at radius 1 is 1.56 bits per heavy atom. The van der Waals surface area contributed by atoms with E-state index in [-0.39, 0.29) is 17.3 Å². The highest BCUT2D eigenvalue weighted by Crippen LogP contribution is 2.24. The van der Waals surface area contributed by atoms with Crippen molar-refractivity contribution in [1.29, 1.82) is 0 Å². The van der Waals surface area contributed by atoms with E-state index in [2.05, 4.69) is 5.32 Å². The first-order valence-corrected chi connectivity index (χ1v) is 6.94. The number of nitro groups is 1. The largest absolute Gasteiger partial charge is 0.348 e. The molecule has 1 aliphatic heterocycles. The number of thioether (sulfide) groups is 1. The lowest BCUT2D eigenvalue weighted by Crippen LogP contribution is -2.34. The molecule has 2 rings (SSSR count). The van der Waals surface area contributed by atoms with Gasteiger partial charge < -0.3 is 5.32 Å². The van der Waals surface area contributed by atoms with Crippen LogP contribution in [0.1, 0.15) is 16.8 Å². The van der Waals surface area contributed by atoms with Crippen LogP contribution in [0.15, 0.2) is 18.2 Å². The summed E-state index contributed by atoms with van der Waals surface area (Å²) in [7, 11) is 0. The zero-order chi connectivity index (χ0) is 13.1. The lowest BCUT2D eigenvalue weighted by molar-refractivity contribution is -0.385. The second-order valence-corrected chi connectivity index (χ2v) is 5.54. The highest BCUT2D eigenvalue weighted by Gasteiger charge is 2.24. The molecule has 0 bridgehead atoms. The van der Waals surface area contributed by atoms with Gasteiger partial charge in [-0.05, 0) is 24.3 Å². The van der Waals surface area contributed by atoms with Crippen molar-refractivity contribution in [1.82, 2.24) is 5.32 Å². The summed E-state index contributed by atoms with van der Waals surface area (Å²) in [6.45, 7) is 0. The molecule has 1 unspecified atom stereocenters. The first kappa shape index (κ1) is 13.2. The van der Waals surface area contributed by atoms with Gasteiger partial charge in [0.15, 0.2) is 0 Å². The van der Waals surface area contributed by atoms with Gasteiger partial charge in [-0.2, -0.15) is 11.8 Å². The summed E-state index contributed by atoms with van der Waals surface area (Å²) in [5.74, 6) is 1.42. The molecule has 1 amide bonds. The minimum Gasteiger partial charge on any atom is -0.348 e. The lowest BCUT2D eigenvalue weighted by Gasteiger charge is -2.11. The molecule has 1 heterocycles. The monoisotopic (exact) mass is 286 g/mol. The SMILES string of the molecule is O=C(NC1CCSC1)c1cc(Cl)ccc1[N+](=O)[O-]. The Morgan fingerprint density at radius 3 is 2.94 bits per heavy atom. The molecule has 18 heavy (non-hydrogen) atoms. The number of hydrogen-bond donors (Lipinski definition) is 1. The topological polar surface area (TPSA) is 72.2 Å². The summed E-state index contributed by atoms with van der Waals surface area (Å²) < 4.78 is 0. The summed E-state index contributed by atoms with van der Waals surface area (Å²) in [4.78, 5) is 22.3. The van der Waals surface area contributed by atoms with Crippen LogP contribution in [0, 0.1) is 10.1 Å². The van der Waals surface area contributed by atoms with E-state index in [4.69, 9.17) is 11.6 Å². The van der Waals surface area contributed by atoms with Crippen molar-refractivity contribution in [2.24, 2.45) is 0 Å². The first-order valence-electron chi connectivity index (χ1n) is 5.40. The predicted molar refractivity (Wildman–Crippen MR) is 71.3 cm³/mol. The van der Waals surface area contributed by atoms with Crippen molar-refractivity contribution in [3.05, 3.63) is 38.9 Å². The standard InChI is InChI=1S/C11H11ClN2O3S/c12-7-1-2-10(14(16)17)9(5-7)11(15)13-8-3-4-18-6-8/h1-2,5,8H,3-4,6H2,(H,13,15). The molecule has 1 aromatic carbocycles. The third kappa shape index (κ3) is 2.94. The normalized spacial score (nSPS) is 18.6. The van der Waals surface area contributed by atoms with Crippen LogP contribution >= 0.6 is 23.4 Å². The van der Waals surface area contributed by atoms with Crippen LogP contribution < -0.4 is 5.32 Å². The Hall–Kier alpha value is -1.27. The van der Waals surface area contributed by atoms with Gasteiger partial charge in [0.05, 0.1) is 4.92 Å². The number of hydrogen-bond acceptors (Lipinski definition) is 4. The van der Waals surface area contributed by atoms with Gasteiger partial charge >= 0.3 is 0 Å². The van der Waals surface area contributed by atoms with Crippen LogP contribution in [-0.4, -0.2) is 28.4 Å². The number of nitrogens with zero attached hydrogens (tertiary/aromatic N) is 1. The second-order valence-electron chi connectivity index (χ2n) is 3.95. The van der Waals surface area contributed by atoms with Crippen LogP contribution in [0.3, 0.4) is 0 Å². The number of rotatable bonds is 3. The summed E-state index contributed by atoms with van der Waals surface area (Å²) >= 11 is 7.53. The number of carbonyl (C=O) groups excluding carboxylic acids is 1. The molecule has 1 saturated heterocycles. The fourth-order valence-electron chi connectivity index (χ4n) is 1.76. The van der Waals surface area contributed by atoms with E-state index in [1.54, 1.807) is 11.8 Å². The van der Waals surface area contributed by atoms with Crippen molar-refractivity contribution in [2.45, 2.75) is 12.5 Å². The molecule has 1 aliphatic rings. The summed E-state index contributed by atoms with van der Waals surface area (Å²) in [6.07, 6.45) is 0.894. The fourth-order valence-corrected chi connectivity index (χ4v) is 3.09. The van der Waals surface area contributed by atoms with Crippen LogP contribution in [0.25, 0.3) is 0 Å². The Morgan fingerprint density at radius 2 is 2.33 bits per heavy atom. The molecule has 1 N–H and O–H groups in total. The van der Waals surface area contributed by atoms with Crippen molar-refractivity contribution in [3.8, 4) is 0 Å². The molecule has 0 radical (unpaired) electrons. The Labute approximate surface area is 113 Å². The van der Waals surface area contributed by atoms with Crippen molar-refractivity contribution in [2.75, 3.05) is 11.5 Å². The maximum Gasteiger partial charge on any atom is 0.282 e. The van der Waals surface area contributed by atoms with Gasteiger partial charge in [-0.15, -0.1) is 0 Å². The van der Waals surface area contributed by atoms with E-state index >= 15 is 0 Å². The Bertz CT molecular complexity index is 489. The van der Waals surface area contributed by atoms with Crippen molar-refractivity contribution < 1.29 is 9.72 Å². The van der Waals surface area contributed by atoms with Crippen LogP contribution in [0.5, 0.6) is 0 Å². The molecule has 1 fully saturated rings. The average molecular weight is 287 g/mol. The number of carbonyl (C=O) groups is 1. The average Bonchev–Trinajstić information content (AvgIpc) is 2.81. The first-order chi connectivity index (χ1) is 8.58. The van der Waals surface area contributed by atoms with Gasteiger partial charge in [-0.1, -0.05) is 11.6 Å². The Kier molecular flexibility index (Phi) is 4.08. The minimum atomic E-state index is -0.575. The molecule has 0 aromatic heterocycles. The molecule has 0 saturated carbocycles. The fraction of sp³-hybridized carbons (Fsp3) is 0.364. The molecular formula is C11H11ClN2O3S. The van der Waals surface area contributed by atoms with E-state index in [1.807, 2.05) is 0 Å². The van der Waals surface area contributed by atoms with E-state index in [9.17, 15) is 14.9 Å². The van der Waals surface area contributed by atoms with Gasteiger partial charge in [0.25, 0.3) is 11.6 Å². The smallest absolute Gasteiger partial charge is 0.282 e. The number of benzene rings is 1. The summed E-state index contributed by atoms with van der Waals surface area (Å²) in [5.41, 5.74) is -0.202. The number of amides is 1. The maximum atomic E-state index is 12.0. The van der Waals surface area contributed by atoms with Gasteiger partial charge in [-0.3, -0.25) is 14.9 Å². The van der Waals surface area contributed by atoms with Crippen LogP contribution in [0.2, 0.25) is 5.02 Å². The summed E-state index contributed by atoms with van der Waals surface area (Å²) in [6, 6.07) is 4.07. The van der Waals surface area contributed by atoms with Crippen LogP contribution in [0.4, 0.5) is 5.69 Å². The van der Waals surface area contributed by atoms with Gasteiger partial charge in [0.1, 0.15) is 5.56 Å². The van der Waals surface area contributed by atoms with Gasteiger partial charge in [-0.25, -0.2) is 0 Å².